The average Bonchev–Trinajstić information content (AvgIpc) is 2.46. The van der Waals surface area contributed by atoms with Crippen molar-refractivity contribution in [3.8, 4) is 11.5 Å². The van der Waals surface area contributed by atoms with Crippen molar-refractivity contribution in [2.24, 2.45) is 5.73 Å². The van der Waals surface area contributed by atoms with Crippen LogP contribution in [0.1, 0.15) is 11.1 Å². The summed E-state index contributed by atoms with van der Waals surface area (Å²) in [6.45, 7) is 0.361. The fourth-order valence-corrected chi connectivity index (χ4v) is 1.86. The molecule has 20 heavy (non-hydrogen) atoms. The summed E-state index contributed by atoms with van der Waals surface area (Å²) in [7, 11) is 1.55. The average molecular weight is 279 g/mol. The van der Waals surface area contributed by atoms with Crippen molar-refractivity contribution < 1.29 is 18.3 Å². The van der Waals surface area contributed by atoms with Crippen LogP contribution in [0.15, 0.2) is 36.4 Å². The van der Waals surface area contributed by atoms with E-state index in [0.717, 1.165) is 23.3 Å². The van der Waals surface area contributed by atoms with Crippen molar-refractivity contribution in [2.45, 2.75) is 13.2 Å². The Hall–Kier alpha value is -2.14. The summed E-state index contributed by atoms with van der Waals surface area (Å²) in [5.74, 6) is -1.15. The van der Waals surface area contributed by atoms with Gasteiger partial charge < -0.3 is 15.2 Å². The first kappa shape index (κ1) is 14.3. The number of methoxy groups -OCH3 is 1. The van der Waals surface area contributed by atoms with Crippen LogP contribution in [-0.2, 0) is 13.2 Å². The molecule has 5 heteroatoms. The lowest BCUT2D eigenvalue weighted by Crippen LogP contribution is -2.04. The molecule has 0 radical (unpaired) electrons. The molecule has 0 unspecified atom stereocenters. The van der Waals surface area contributed by atoms with Crippen LogP contribution in [0.25, 0.3) is 0 Å². The molecule has 0 fully saturated rings. The Morgan fingerprint density at radius 1 is 1.10 bits per heavy atom. The molecule has 106 valence electrons. The maximum Gasteiger partial charge on any atom is 0.191 e. The van der Waals surface area contributed by atoms with Crippen molar-refractivity contribution >= 4 is 0 Å². The number of nitrogens with two attached hydrogens (primary N) is 1. The molecular formula is C15H15F2NO2. The van der Waals surface area contributed by atoms with Crippen LogP contribution in [0.3, 0.4) is 0 Å². The minimum Gasteiger partial charge on any atom is -0.496 e. The van der Waals surface area contributed by atoms with E-state index >= 15 is 0 Å². The van der Waals surface area contributed by atoms with E-state index in [1.807, 2.05) is 0 Å². The molecule has 0 saturated heterocycles. The Labute approximate surface area is 115 Å². The van der Waals surface area contributed by atoms with Gasteiger partial charge in [-0.1, -0.05) is 12.1 Å². The van der Waals surface area contributed by atoms with Crippen molar-refractivity contribution in [1.29, 1.82) is 0 Å². The van der Waals surface area contributed by atoms with Crippen LogP contribution < -0.4 is 15.2 Å². The summed E-state index contributed by atoms with van der Waals surface area (Å²) in [5.41, 5.74) is 7.18. The van der Waals surface area contributed by atoms with Crippen LogP contribution in [0.5, 0.6) is 11.5 Å². The standard InChI is InChI=1S/C15H15F2NO2/c1-19-14-6-5-10(7-11(14)8-18)9-20-15-12(16)3-2-4-13(15)17/h2-7H,8-9,18H2,1H3. The molecule has 0 aliphatic heterocycles. The molecule has 2 aromatic rings. The fraction of sp³-hybridized carbons (Fsp3) is 0.200. The molecule has 2 N–H and O–H groups in total. The van der Waals surface area contributed by atoms with E-state index in [1.165, 1.54) is 6.07 Å². The Morgan fingerprint density at radius 3 is 2.40 bits per heavy atom. The number of hydrogen-bond acceptors (Lipinski definition) is 3. The van der Waals surface area contributed by atoms with Crippen molar-refractivity contribution in [2.75, 3.05) is 7.11 Å². The van der Waals surface area contributed by atoms with Crippen LogP contribution in [0.4, 0.5) is 8.78 Å². The lowest BCUT2D eigenvalue weighted by atomic mass is 10.1. The molecule has 0 saturated carbocycles. The number of halogens is 2. The van der Waals surface area contributed by atoms with Gasteiger partial charge >= 0.3 is 0 Å². The molecule has 0 aliphatic rings. The SMILES string of the molecule is COc1ccc(COc2c(F)cccc2F)cc1CN. The van der Waals surface area contributed by atoms with Crippen LogP contribution in [-0.4, -0.2) is 7.11 Å². The van der Waals surface area contributed by atoms with Crippen molar-refractivity contribution in [3.63, 3.8) is 0 Å². The smallest absolute Gasteiger partial charge is 0.191 e. The lowest BCUT2D eigenvalue weighted by molar-refractivity contribution is 0.274. The fourth-order valence-electron chi connectivity index (χ4n) is 1.86. The normalized spacial score (nSPS) is 10.4. The van der Waals surface area contributed by atoms with Gasteiger partial charge in [0.05, 0.1) is 7.11 Å². The summed E-state index contributed by atoms with van der Waals surface area (Å²) in [6.07, 6.45) is 0. The van der Waals surface area contributed by atoms with Gasteiger partial charge in [0.15, 0.2) is 17.4 Å². The van der Waals surface area contributed by atoms with Gasteiger partial charge in [-0.25, -0.2) is 8.78 Å². The summed E-state index contributed by atoms with van der Waals surface area (Å²) in [6, 6.07) is 8.89. The first-order chi connectivity index (χ1) is 9.65. The van der Waals surface area contributed by atoms with Gasteiger partial charge in [0.2, 0.25) is 0 Å². The number of ether oxygens (including phenoxy) is 2. The molecular weight excluding hydrogens is 264 g/mol. The maximum atomic E-state index is 13.4. The van der Waals surface area contributed by atoms with Gasteiger partial charge in [-0.2, -0.15) is 0 Å². The monoisotopic (exact) mass is 279 g/mol. The van der Waals surface area contributed by atoms with E-state index in [2.05, 4.69) is 0 Å². The molecule has 0 spiro atoms. The molecule has 0 atom stereocenters. The predicted molar refractivity (Wildman–Crippen MR) is 71.6 cm³/mol. The highest BCUT2D eigenvalue weighted by molar-refractivity contribution is 5.37. The van der Waals surface area contributed by atoms with E-state index in [9.17, 15) is 8.78 Å². The molecule has 2 aromatic carbocycles. The predicted octanol–water partition coefficient (Wildman–Crippen LogP) is 3.01. The third-order valence-corrected chi connectivity index (χ3v) is 2.87. The zero-order chi connectivity index (χ0) is 14.5. The first-order valence-corrected chi connectivity index (χ1v) is 6.08. The van der Waals surface area contributed by atoms with Gasteiger partial charge in [0.25, 0.3) is 0 Å². The largest absolute Gasteiger partial charge is 0.496 e. The molecule has 3 nitrogen and oxygen atoms in total. The zero-order valence-electron chi connectivity index (χ0n) is 11.0. The number of para-hydroxylation sites is 1. The molecule has 0 heterocycles. The zero-order valence-corrected chi connectivity index (χ0v) is 11.0. The second-order valence-corrected chi connectivity index (χ2v) is 4.19. The lowest BCUT2D eigenvalue weighted by Gasteiger charge is -2.11. The van der Waals surface area contributed by atoms with E-state index in [-0.39, 0.29) is 12.4 Å². The van der Waals surface area contributed by atoms with Crippen molar-refractivity contribution in [1.82, 2.24) is 0 Å². The summed E-state index contributed by atoms with van der Waals surface area (Å²) >= 11 is 0. The molecule has 2 rings (SSSR count). The number of rotatable bonds is 5. The third-order valence-electron chi connectivity index (χ3n) is 2.87. The third kappa shape index (κ3) is 3.05. The van der Waals surface area contributed by atoms with E-state index in [1.54, 1.807) is 25.3 Å². The minimum atomic E-state index is -0.724. The number of benzene rings is 2. The van der Waals surface area contributed by atoms with Crippen LogP contribution >= 0.6 is 0 Å². The highest BCUT2D eigenvalue weighted by Gasteiger charge is 2.10. The first-order valence-electron chi connectivity index (χ1n) is 6.08. The highest BCUT2D eigenvalue weighted by Crippen LogP contribution is 2.24. The summed E-state index contributed by atoms with van der Waals surface area (Å²) in [4.78, 5) is 0. The van der Waals surface area contributed by atoms with E-state index in [4.69, 9.17) is 15.2 Å². The molecule has 0 bridgehead atoms. The second-order valence-electron chi connectivity index (χ2n) is 4.19. The van der Waals surface area contributed by atoms with Crippen LogP contribution in [0.2, 0.25) is 0 Å². The summed E-state index contributed by atoms with van der Waals surface area (Å²) in [5, 5.41) is 0. The van der Waals surface area contributed by atoms with Gasteiger partial charge in [0.1, 0.15) is 12.4 Å². The van der Waals surface area contributed by atoms with E-state index < -0.39 is 11.6 Å². The molecule has 0 aliphatic carbocycles. The van der Waals surface area contributed by atoms with Crippen molar-refractivity contribution in [3.05, 3.63) is 59.2 Å². The number of hydrogen-bond donors (Lipinski definition) is 1. The second kappa shape index (κ2) is 6.34. The van der Waals surface area contributed by atoms with Gasteiger partial charge in [0, 0.05) is 12.1 Å². The minimum absolute atomic E-state index is 0.0504. The molecule has 0 amide bonds. The van der Waals surface area contributed by atoms with Crippen LogP contribution in [0, 0.1) is 11.6 Å². The quantitative estimate of drug-likeness (QED) is 0.915. The van der Waals surface area contributed by atoms with E-state index in [0.29, 0.717) is 12.3 Å². The maximum absolute atomic E-state index is 13.4. The Balaban J connectivity index is 2.15. The van der Waals surface area contributed by atoms with Gasteiger partial charge in [-0.3, -0.25) is 0 Å². The topological polar surface area (TPSA) is 44.5 Å². The Morgan fingerprint density at radius 2 is 1.80 bits per heavy atom. The molecule has 0 aromatic heterocycles. The highest BCUT2D eigenvalue weighted by atomic mass is 19.1. The van der Waals surface area contributed by atoms with Gasteiger partial charge in [-0.15, -0.1) is 0 Å². The van der Waals surface area contributed by atoms with Gasteiger partial charge in [-0.05, 0) is 29.8 Å². The Bertz CT molecular complexity index is 582. The Kier molecular flexibility index (Phi) is 4.53. The summed E-state index contributed by atoms with van der Waals surface area (Å²) < 4.78 is 37.2.